The molecule has 1 rings (SSSR count). The van der Waals surface area contributed by atoms with Gasteiger partial charge in [-0.3, -0.25) is 0 Å². The van der Waals surface area contributed by atoms with Crippen LogP contribution in [0.4, 0.5) is 0 Å². The van der Waals surface area contributed by atoms with Crippen LogP contribution in [0, 0.1) is 11.8 Å². The van der Waals surface area contributed by atoms with Crippen molar-refractivity contribution in [2.45, 2.75) is 18.4 Å². The third-order valence-electron chi connectivity index (χ3n) is 1.94. The van der Waals surface area contributed by atoms with Gasteiger partial charge in [0.1, 0.15) is 0 Å². The molecule has 0 N–H and O–H groups in total. The number of rotatable bonds is 1. The van der Waals surface area contributed by atoms with Crippen LogP contribution in [0.25, 0.3) is 0 Å². The fourth-order valence-electron chi connectivity index (χ4n) is 0.925. The van der Waals surface area contributed by atoms with Gasteiger partial charge >= 0.3 is 0 Å². The summed E-state index contributed by atoms with van der Waals surface area (Å²) in [6, 6.07) is 0. The van der Waals surface area contributed by atoms with E-state index in [1.165, 1.54) is 5.75 Å². The Labute approximate surface area is 77.5 Å². The molecule has 0 radical (unpaired) electrons. The van der Waals surface area contributed by atoms with E-state index in [1.54, 1.807) is 0 Å². The van der Waals surface area contributed by atoms with Gasteiger partial charge in [-0.2, -0.15) is 0 Å². The Balaban J connectivity index is 2.41. The van der Waals surface area contributed by atoms with Gasteiger partial charge in [-0.25, -0.2) is 0 Å². The van der Waals surface area contributed by atoms with Crippen molar-refractivity contribution in [2.24, 2.45) is 11.8 Å². The van der Waals surface area contributed by atoms with Gasteiger partial charge < -0.3 is 0 Å². The van der Waals surface area contributed by atoms with Crippen molar-refractivity contribution in [3.8, 4) is 0 Å². The van der Waals surface area contributed by atoms with E-state index in [0.717, 1.165) is 16.4 Å². The van der Waals surface area contributed by atoms with Crippen LogP contribution in [0.15, 0.2) is 0 Å². The lowest BCUT2D eigenvalue weighted by molar-refractivity contribution is 0.482. The first-order chi connectivity index (χ1) is 4.25. The molecule has 0 nitrogen and oxygen atoms in total. The summed E-state index contributed by atoms with van der Waals surface area (Å²) in [6.45, 7) is 4.71. The summed E-state index contributed by atoms with van der Waals surface area (Å²) in [4.78, 5) is 0. The Hall–Kier alpha value is 1.43. The molecule has 0 aromatic carbocycles. The lowest BCUT2D eigenvalue weighted by atomic mass is 10.0. The molecule has 1 aliphatic heterocycles. The molecule has 0 aliphatic carbocycles. The summed E-state index contributed by atoms with van der Waals surface area (Å²) in [5.41, 5.74) is 0. The molecule has 1 aliphatic rings. The third kappa shape index (κ3) is 1.93. The van der Waals surface area contributed by atoms with Crippen LogP contribution in [0.2, 0.25) is 0 Å². The van der Waals surface area contributed by atoms with E-state index in [9.17, 15) is 0 Å². The van der Waals surface area contributed by atoms with E-state index >= 15 is 0 Å². The molecule has 0 spiro atoms. The molecule has 0 aromatic rings. The fraction of sp³-hybridized carbons (Fsp3) is 1.00. The Bertz CT molecular complexity index is 97.1. The molecule has 1 fully saturated rings. The molecule has 0 aromatic heterocycles. The molecule has 1 heterocycles. The van der Waals surface area contributed by atoms with E-state index in [-0.39, 0.29) is 0 Å². The van der Waals surface area contributed by atoms with Gasteiger partial charge in [0.2, 0.25) is 0 Å². The van der Waals surface area contributed by atoms with Gasteiger partial charge in [-0.05, 0) is 38.8 Å². The van der Waals surface area contributed by atoms with Crippen molar-refractivity contribution in [1.29, 1.82) is 0 Å². The van der Waals surface area contributed by atoms with E-state index in [1.807, 2.05) is 8.93 Å². The topological polar surface area (TPSA) is 0 Å². The zero-order chi connectivity index (χ0) is 6.85. The monoisotopic (exact) mass is 274 g/mol. The highest BCUT2D eigenvalue weighted by molar-refractivity contribution is 14.2. The summed E-state index contributed by atoms with van der Waals surface area (Å²) in [7, 11) is 1.98. The molecule has 3 atom stereocenters. The summed E-state index contributed by atoms with van der Waals surface area (Å²) >= 11 is 4.52. The minimum atomic E-state index is 0.862. The van der Waals surface area contributed by atoms with Crippen molar-refractivity contribution >= 4 is 41.9 Å². The normalized spacial score (nSPS) is 43.7. The van der Waals surface area contributed by atoms with Gasteiger partial charge in [0, 0.05) is 0 Å². The van der Waals surface area contributed by atoms with Gasteiger partial charge in [0.25, 0.3) is 0 Å². The number of halogens is 1. The minimum absolute atomic E-state index is 0.862. The molecule has 3 unspecified atom stereocenters. The van der Waals surface area contributed by atoms with Crippen LogP contribution < -0.4 is 0 Å². The Kier molecular flexibility index (Phi) is 3.52. The number of hydrogen-bond donors (Lipinski definition) is 0. The molecular weight excluding hydrogens is 263 g/mol. The zero-order valence-electron chi connectivity index (χ0n) is 5.63. The summed E-state index contributed by atoms with van der Waals surface area (Å²) < 4.78 is 0.862. The van der Waals surface area contributed by atoms with Crippen LogP contribution in [0.3, 0.4) is 0 Å². The zero-order valence-corrected chi connectivity index (χ0v) is 9.42. The van der Waals surface area contributed by atoms with Gasteiger partial charge in [0.05, 0.1) is 4.58 Å². The summed E-state index contributed by atoms with van der Waals surface area (Å²) in [6.07, 6.45) is 0. The first kappa shape index (κ1) is 8.53. The van der Waals surface area contributed by atoms with E-state index in [2.05, 4.69) is 46.8 Å². The Morgan fingerprint density at radius 2 is 2.22 bits per heavy atom. The SMILES string of the molecule is CC1CSC(SI)C1C. The number of hydrogen-bond acceptors (Lipinski definition) is 2. The smallest absolute Gasteiger partial charge is 0.0631 e. The Morgan fingerprint density at radius 3 is 2.44 bits per heavy atom. The van der Waals surface area contributed by atoms with Crippen molar-refractivity contribution < 1.29 is 0 Å². The maximum absolute atomic E-state index is 2.41. The second kappa shape index (κ2) is 3.72. The maximum atomic E-state index is 2.41. The van der Waals surface area contributed by atoms with Crippen LogP contribution in [0.1, 0.15) is 13.8 Å². The van der Waals surface area contributed by atoms with Gasteiger partial charge in [-0.1, -0.05) is 22.8 Å². The molecule has 3 heteroatoms. The molecular formula is C6H11IS2. The molecule has 54 valence electrons. The largest absolute Gasteiger partial charge is 0.146 e. The van der Waals surface area contributed by atoms with Gasteiger partial charge in [-0.15, -0.1) is 11.8 Å². The average Bonchev–Trinajstić information content (AvgIpc) is 2.15. The van der Waals surface area contributed by atoms with Crippen LogP contribution >= 0.6 is 41.9 Å². The van der Waals surface area contributed by atoms with Crippen LogP contribution in [0.5, 0.6) is 0 Å². The quantitative estimate of drug-likeness (QED) is 0.672. The van der Waals surface area contributed by atoms with Crippen molar-refractivity contribution in [1.82, 2.24) is 0 Å². The minimum Gasteiger partial charge on any atom is -0.146 e. The second-order valence-corrected chi connectivity index (χ2v) is 6.31. The van der Waals surface area contributed by atoms with Crippen molar-refractivity contribution in [3.63, 3.8) is 0 Å². The highest BCUT2D eigenvalue weighted by atomic mass is 127. The maximum Gasteiger partial charge on any atom is 0.0631 e. The fourth-order valence-corrected chi connectivity index (χ4v) is 5.88. The van der Waals surface area contributed by atoms with Crippen LogP contribution in [-0.4, -0.2) is 10.3 Å². The summed E-state index contributed by atoms with van der Waals surface area (Å²) in [5, 5.41) is 0. The summed E-state index contributed by atoms with van der Waals surface area (Å²) in [5.74, 6) is 3.21. The highest BCUT2D eigenvalue weighted by Gasteiger charge is 2.29. The standard InChI is InChI=1S/C6H11IS2/c1-4-3-8-6(9-7)5(4)2/h4-6H,3H2,1-2H3. The first-order valence-electron chi connectivity index (χ1n) is 3.14. The molecule has 1 saturated heterocycles. The third-order valence-corrected chi connectivity index (χ3v) is 7.39. The van der Waals surface area contributed by atoms with Crippen molar-refractivity contribution in [3.05, 3.63) is 0 Å². The average molecular weight is 274 g/mol. The predicted molar refractivity (Wildman–Crippen MR) is 56.2 cm³/mol. The number of thioether (sulfide) groups is 1. The lowest BCUT2D eigenvalue weighted by Gasteiger charge is -2.12. The van der Waals surface area contributed by atoms with E-state index < -0.39 is 0 Å². The molecule has 0 saturated carbocycles. The first-order valence-corrected chi connectivity index (χ1v) is 7.62. The van der Waals surface area contributed by atoms with E-state index in [0.29, 0.717) is 0 Å². The van der Waals surface area contributed by atoms with E-state index in [4.69, 9.17) is 0 Å². The second-order valence-electron chi connectivity index (χ2n) is 2.63. The predicted octanol–water partition coefficient (Wildman–Crippen LogP) is 3.41. The van der Waals surface area contributed by atoms with Crippen molar-refractivity contribution in [2.75, 3.05) is 5.75 Å². The molecule has 0 amide bonds. The Morgan fingerprint density at radius 1 is 1.56 bits per heavy atom. The van der Waals surface area contributed by atoms with Gasteiger partial charge in [0.15, 0.2) is 0 Å². The van der Waals surface area contributed by atoms with Crippen LogP contribution in [-0.2, 0) is 0 Å². The molecule has 0 bridgehead atoms. The molecule has 9 heavy (non-hydrogen) atoms. The highest BCUT2D eigenvalue weighted by Crippen LogP contribution is 2.45. The lowest BCUT2D eigenvalue weighted by Crippen LogP contribution is -2.08.